The van der Waals surface area contributed by atoms with Crippen molar-refractivity contribution in [3.63, 3.8) is 0 Å². The van der Waals surface area contributed by atoms with Crippen LogP contribution in [-0.4, -0.2) is 104 Å². The number of aliphatic carboxylic acids is 1. The van der Waals surface area contributed by atoms with Crippen LogP contribution in [0.5, 0.6) is 11.5 Å². The normalized spacial score (nSPS) is 12.7. The number of nitrogens with one attached hydrogen (secondary N) is 3. The number of nitrogens with two attached hydrogens (primary N) is 1. The summed E-state index contributed by atoms with van der Waals surface area (Å²) in [5.74, 6) is 0.679. The van der Waals surface area contributed by atoms with Crippen LogP contribution in [0.4, 0.5) is 21.9 Å². The zero-order chi connectivity index (χ0) is 69.8. The highest BCUT2D eigenvalue weighted by atomic mass is 35.5. The summed E-state index contributed by atoms with van der Waals surface area (Å²) in [4.78, 5) is 72.7. The van der Waals surface area contributed by atoms with Crippen molar-refractivity contribution in [2.24, 2.45) is 32.5 Å². The quantitative estimate of drug-likeness (QED) is 0.0197. The van der Waals surface area contributed by atoms with Gasteiger partial charge in [0.15, 0.2) is 0 Å². The average Bonchev–Trinajstić information content (AvgIpc) is 1.66. The van der Waals surface area contributed by atoms with Crippen LogP contribution in [0, 0.1) is 18.8 Å². The molecule has 0 bridgehead atoms. The van der Waals surface area contributed by atoms with Crippen LogP contribution in [-0.2, 0) is 61.1 Å². The molecule has 11 rings (SSSR count). The van der Waals surface area contributed by atoms with Crippen LogP contribution in [0.1, 0.15) is 79.3 Å². The number of rotatable bonds is 26. The molecule has 3 aliphatic heterocycles. The van der Waals surface area contributed by atoms with Crippen molar-refractivity contribution in [2.75, 3.05) is 46.9 Å². The molecule has 526 valence electrons. The van der Waals surface area contributed by atoms with Gasteiger partial charge in [-0.3, -0.25) is 14.4 Å². The van der Waals surface area contributed by atoms with Gasteiger partial charge in [-0.15, -0.1) is 11.6 Å². The van der Waals surface area contributed by atoms with E-state index < -0.39 is 12.1 Å². The smallest absolute Gasteiger partial charge is 0.407 e. The largest absolute Gasteiger partial charge is 1.00 e. The maximum atomic E-state index is 12.7. The Hall–Kier alpha value is -10.0. The maximum Gasteiger partial charge on any atom is 0.407 e. The van der Waals surface area contributed by atoms with Gasteiger partial charge in [-0.05, 0) is 142 Å². The maximum absolute atomic E-state index is 12.7. The Morgan fingerprint density at radius 2 is 0.980 bits per heavy atom. The highest BCUT2D eigenvalue weighted by Crippen LogP contribution is 2.36. The molecule has 0 radical (unpaired) electrons. The number of quaternary nitrogens is 1. The Bertz CT molecular complexity index is 4060. The van der Waals surface area contributed by atoms with Crippen LogP contribution in [0.15, 0.2) is 203 Å². The number of fused-ring (bicyclic) bond motifs is 3. The van der Waals surface area contributed by atoms with Gasteiger partial charge in [-0.25, -0.2) is 24.6 Å². The summed E-state index contributed by atoms with van der Waals surface area (Å²) >= 11 is 6.13. The van der Waals surface area contributed by atoms with Crippen molar-refractivity contribution in [2.45, 2.75) is 90.7 Å². The molecule has 0 unspecified atom stereocenters. The third kappa shape index (κ3) is 24.5. The molecular formula is C79H91Cl2N9O10. The lowest BCUT2D eigenvalue weighted by Crippen LogP contribution is -3.00. The van der Waals surface area contributed by atoms with Gasteiger partial charge in [-0.2, -0.15) is 0 Å². The number of aryl methyl sites for hydroxylation is 1. The van der Waals surface area contributed by atoms with Gasteiger partial charge in [0, 0.05) is 51.7 Å². The van der Waals surface area contributed by atoms with Crippen molar-refractivity contribution in [3.8, 4) is 44.9 Å². The summed E-state index contributed by atoms with van der Waals surface area (Å²) in [5.41, 5.74) is 25.8. The summed E-state index contributed by atoms with van der Waals surface area (Å²) in [6.07, 6.45) is 5.00. The van der Waals surface area contributed by atoms with E-state index in [4.69, 9.17) is 41.4 Å². The van der Waals surface area contributed by atoms with Crippen LogP contribution in [0.25, 0.3) is 33.4 Å². The van der Waals surface area contributed by atoms with E-state index in [1.54, 1.807) is 14.2 Å². The Balaban J connectivity index is 0.000000218. The Kier molecular flexibility index (Phi) is 32.2. The number of carbonyl (C=O) groups is 5. The number of carboxylic acid groups (broad SMARTS) is 1. The third-order valence-electron chi connectivity index (χ3n) is 16.6. The molecule has 0 saturated carbocycles. The number of esters is 1. The number of ether oxygens (including phenoxy) is 4. The van der Waals surface area contributed by atoms with Crippen LogP contribution >= 0.6 is 11.6 Å². The molecule has 21 heteroatoms. The fourth-order valence-electron chi connectivity index (χ4n) is 10.8. The molecule has 3 amide bonds. The van der Waals surface area contributed by atoms with Gasteiger partial charge < -0.3 is 70.0 Å². The number of hydrogen-bond donors (Lipinski definition) is 7. The number of halogens is 2. The first kappa shape index (κ1) is 79.0. The molecule has 12 N–H and O–H groups in total. The van der Waals surface area contributed by atoms with Crippen molar-refractivity contribution in [1.29, 1.82) is 0 Å². The molecule has 0 fully saturated rings. The summed E-state index contributed by atoms with van der Waals surface area (Å²) < 4.78 is 20.8. The Morgan fingerprint density at radius 3 is 1.41 bits per heavy atom. The van der Waals surface area contributed by atoms with Crippen molar-refractivity contribution >= 4 is 75.6 Å². The van der Waals surface area contributed by atoms with E-state index in [1.807, 2.05) is 159 Å². The zero-order valence-corrected chi connectivity index (χ0v) is 59.0. The second-order valence-corrected chi connectivity index (χ2v) is 24.8. The molecule has 100 heavy (non-hydrogen) atoms. The first-order chi connectivity index (χ1) is 47.5. The SMILES string of the molecule is CCC[C@@H](CN)CC(=O)OCc1ccccc1.COc1ccc(-c2ccc3c(c2)N=C(C(=O)NC[C@@H](C)CCNC(=O)OCc2ccccc2)C3)cc1.COc1ccc(-c2ccc3c(c2)N=C(C(=O)NC[C@@H](Cl)CC[NH3+])C3)cc1.Cc1ccc(-c2ccc3c(c2)N=C(C(=O)O)C3)cc1.N.[Cl-]. The van der Waals surface area contributed by atoms with Gasteiger partial charge in [0.25, 0.3) is 11.8 Å². The molecule has 3 heterocycles. The highest BCUT2D eigenvalue weighted by Gasteiger charge is 2.25. The van der Waals surface area contributed by atoms with E-state index in [1.165, 1.54) is 5.56 Å². The van der Waals surface area contributed by atoms with E-state index in [9.17, 15) is 24.0 Å². The number of methoxy groups -OCH3 is 2. The first-order valence-electron chi connectivity index (χ1n) is 33.1. The minimum Gasteiger partial charge on any atom is -1.00 e. The number of aliphatic imine (C=N–C) groups is 3. The summed E-state index contributed by atoms with van der Waals surface area (Å²) in [7, 11) is 3.30. The fraction of sp³-hybridized carbons (Fsp3) is 0.291. The molecular weight excluding hydrogens is 1310 g/mol. The predicted octanol–water partition coefficient (Wildman–Crippen LogP) is 10.4. The number of amides is 3. The van der Waals surface area contributed by atoms with Crippen molar-refractivity contribution < 1.29 is 66.2 Å². The minimum atomic E-state index is -0.937. The number of alkyl carbamates (subject to hydrolysis) is 1. The van der Waals surface area contributed by atoms with E-state index >= 15 is 0 Å². The summed E-state index contributed by atoms with van der Waals surface area (Å²) in [6.45, 7) is 9.49. The minimum absolute atomic E-state index is 0. The number of alkyl halides is 1. The molecule has 0 aliphatic carbocycles. The summed E-state index contributed by atoms with van der Waals surface area (Å²) in [5, 5.41) is 17.5. The van der Waals surface area contributed by atoms with E-state index in [0.717, 1.165) is 122 Å². The number of hydrogen-bond acceptors (Lipinski definition) is 14. The molecule has 3 atom stereocenters. The predicted molar refractivity (Wildman–Crippen MR) is 393 cm³/mol. The Labute approximate surface area is 597 Å². The fourth-order valence-corrected chi connectivity index (χ4v) is 11.1. The number of carbonyl (C=O) groups excluding carboxylic acids is 4. The number of nitrogens with zero attached hydrogens (tertiary/aromatic N) is 3. The third-order valence-corrected chi connectivity index (χ3v) is 16.9. The van der Waals surface area contributed by atoms with E-state index in [-0.39, 0.29) is 65.9 Å². The second kappa shape index (κ2) is 40.8. The van der Waals surface area contributed by atoms with Gasteiger partial charge in [0.05, 0.1) is 43.2 Å². The van der Waals surface area contributed by atoms with Gasteiger partial charge in [0.1, 0.15) is 41.8 Å². The van der Waals surface area contributed by atoms with Crippen LogP contribution in [0.3, 0.4) is 0 Å². The highest BCUT2D eigenvalue weighted by molar-refractivity contribution is 6.41. The van der Waals surface area contributed by atoms with E-state index in [0.29, 0.717) is 69.9 Å². The molecule has 3 aliphatic rings. The Morgan fingerprint density at radius 1 is 0.560 bits per heavy atom. The lowest BCUT2D eigenvalue weighted by molar-refractivity contribution is -0.368. The summed E-state index contributed by atoms with van der Waals surface area (Å²) in [6, 6.07) is 61.4. The molecule has 8 aromatic carbocycles. The number of benzene rings is 8. The van der Waals surface area contributed by atoms with Crippen LogP contribution < -0.4 is 55.4 Å². The second-order valence-electron chi connectivity index (χ2n) is 24.1. The molecule has 0 spiro atoms. The lowest BCUT2D eigenvalue weighted by atomic mass is 10.0. The van der Waals surface area contributed by atoms with Crippen molar-refractivity contribution in [3.05, 3.63) is 221 Å². The molecule has 0 saturated heterocycles. The first-order valence-corrected chi connectivity index (χ1v) is 33.5. The molecule has 0 aromatic heterocycles. The monoisotopic (exact) mass is 1400 g/mol. The van der Waals surface area contributed by atoms with E-state index in [2.05, 4.69) is 86.9 Å². The molecule has 8 aromatic rings. The average molecular weight is 1400 g/mol. The van der Waals surface area contributed by atoms with Crippen LogP contribution in [0.2, 0.25) is 0 Å². The number of carboxylic acids is 1. The van der Waals surface area contributed by atoms with Gasteiger partial charge >= 0.3 is 18.0 Å². The van der Waals surface area contributed by atoms with Gasteiger partial charge in [0.2, 0.25) is 0 Å². The topological polar surface area (TPSA) is 304 Å². The molecule has 19 nitrogen and oxygen atoms in total. The standard InChI is InChI=1S/C29H31N3O4.C20H22ClN3O2.C16H13NO2.C14H21NO2.ClH.H3N/c1-20(14-15-30-29(34)36-19-21-6-4-3-5-7-21)18-31-28(33)27-17-24-9-8-23(16-26(24)32-27)22-10-12-25(35-2)13-11-22;1-26-17-6-4-13(5-7-17)14-2-3-15-11-19(24-18(15)10-14)20(25)23-12-16(21)8-9-22;1-10-2-4-11(5-3-10)12-6-7-13-9-15(16(18)19)17-14(13)8-12;1-2-6-13(10-15)9-14(16)17-11-12-7-4-3-5-8-12;;/h3-13,16,20H,14-15,17-19H2,1-2H3,(H,30,34)(H,31,33);2-7,10,16H,8-9,11-12,22H2,1H3,(H,23,25);2-8H,9H2,1H3,(H,18,19);3-5,7-8,13H,2,6,9-11,15H2,1H3;1H;1H3/t20-;16-;;13-;;/m00.1../s1. The lowest BCUT2D eigenvalue weighted by Gasteiger charge is -2.13. The van der Waals surface area contributed by atoms with Gasteiger partial charge in [-0.1, -0.05) is 171 Å². The zero-order valence-electron chi connectivity index (χ0n) is 57.4. The van der Waals surface area contributed by atoms with Crippen molar-refractivity contribution in [1.82, 2.24) is 22.1 Å².